The summed E-state index contributed by atoms with van der Waals surface area (Å²) in [6.07, 6.45) is 0.639. The predicted molar refractivity (Wildman–Crippen MR) is 44.6 cm³/mol. The zero-order chi connectivity index (χ0) is 8.72. The van der Waals surface area contributed by atoms with Crippen LogP contribution in [-0.4, -0.2) is 38.1 Å². The maximum absolute atomic E-state index is 10.9. The Balaban J connectivity index is 1.79. The van der Waals surface area contributed by atoms with E-state index in [9.17, 15) is 4.79 Å². The maximum atomic E-state index is 10.9. The average Bonchev–Trinajstić information content (AvgIpc) is 2.51. The third kappa shape index (κ3) is 1.22. The van der Waals surface area contributed by atoms with Gasteiger partial charge in [-0.1, -0.05) is 0 Å². The summed E-state index contributed by atoms with van der Waals surface area (Å²) in [7, 11) is 3.61. The summed E-state index contributed by atoms with van der Waals surface area (Å²) in [5.41, 5.74) is 0. The molecule has 1 heterocycles. The Kier molecular flexibility index (Phi) is 1.83. The number of piperidine rings is 1. The number of fused-ring (bicyclic) bond motifs is 1. The number of nitrogens with zero attached hydrogens (tertiary/aromatic N) is 1. The molecule has 1 saturated heterocycles. The minimum absolute atomic E-state index is 0.0444. The fourth-order valence-corrected chi connectivity index (χ4v) is 2.44. The summed E-state index contributed by atoms with van der Waals surface area (Å²) in [4.78, 5) is 13.3. The Labute approximate surface area is 72.7 Å². The molecule has 0 aromatic carbocycles. The van der Waals surface area contributed by atoms with E-state index < -0.39 is 0 Å². The summed E-state index contributed by atoms with van der Waals surface area (Å²) in [6.45, 7) is 2.35. The van der Waals surface area contributed by atoms with Crippen LogP contribution in [0.5, 0.6) is 0 Å². The third-order valence-electron chi connectivity index (χ3n) is 3.18. The molecular formula is C9H15NO2. The standard InChI is InChI=1S/C9H15NO2/c1-10-4-7-6(8(7)5-10)3-9(11)12-2/h6-8H,3-5H2,1-2H3. The van der Waals surface area contributed by atoms with Gasteiger partial charge in [0.05, 0.1) is 7.11 Å². The van der Waals surface area contributed by atoms with Gasteiger partial charge in [0.2, 0.25) is 0 Å². The minimum Gasteiger partial charge on any atom is -0.469 e. The Morgan fingerprint density at radius 2 is 2.08 bits per heavy atom. The lowest BCUT2D eigenvalue weighted by atomic mass is 10.2. The molecule has 2 atom stereocenters. The first-order valence-corrected chi connectivity index (χ1v) is 4.47. The molecule has 3 heteroatoms. The van der Waals surface area contributed by atoms with E-state index in [1.54, 1.807) is 0 Å². The number of carbonyl (C=O) groups is 1. The first kappa shape index (κ1) is 8.05. The molecule has 1 saturated carbocycles. The molecule has 0 spiro atoms. The lowest BCUT2D eigenvalue weighted by Gasteiger charge is -2.11. The number of carbonyl (C=O) groups excluding carboxylic acids is 1. The van der Waals surface area contributed by atoms with Gasteiger partial charge >= 0.3 is 5.97 Å². The molecule has 1 aliphatic carbocycles. The largest absolute Gasteiger partial charge is 0.469 e. The van der Waals surface area contributed by atoms with Gasteiger partial charge in [0.15, 0.2) is 0 Å². The molecule has 2 unspecified atom stereocenters. The van der Waals surface area contributed by atoms with Crippen LogP contribution in [0.4, 0.5) is 0 Å². The van der Waals surface area contributed by atoms with Crippen molar-refractivity contribution in [2.24, 2.45) is 17.8 Å². The molecule has 0 aromatic heterocycles. The van der Waals surface area contributed by atoms with Crippen molar-refractivity contribution in [3.8, 4) is 0 Å². The Morgan fingerprint density at radius 1 is 1.50 bits per heavy atom. The number of likely N-dealkylation sites (tertiary alicyclic amines) is 1. The molecule has 0 bridgehead atoms. The number of rotatable bonds is 2. The molecule has 12 heavy (non-hydrogen) atoms. The number of hydrogen-bond donors (Lipinski definition) is 0. The molecule has 2 fully saturated rings. The molecule has 0 radical (unpaired) electrons. The highest BCUT2D eigenvalue weighted by atomic mass is 16.5. The summed E-state index contributed by atoms with van der Waals surface area (Å²) >= 11 is 0. The molecule has 0 N–H and O–H groups in total. The molecule has 68 valence electrons. The second kappa shape index (κ2) is 2.73. The van der Waals surface area contributed by atoms with Crippen molar-refractivity contribution in [3.63, 3.8) is 0 Å². The summed E-state index contributed by atoms with van der Waals surface area (Å²) in [5.74, 6) is 2.16. The van der Waals surface area contributed by atoms with Gasteiger partial charge in [-0.3, -0.25) is 4.79 Å². The van der Waals surface area contributed by atoms with E-state index in [1.807, 2.05) is 0 Å². The maximum Gasteiger partial charge on any atom is 0.305 e. The minimum atomic E-state index is -0.0444. The van der Waals surface area contributed by atoms with Gasteiger partial charge in [-0.05, 0) is 24.8 Å². The van der Waals surface area contributed by atoms with Crippen molar-refractivity contribution in [2.45, 2.75) is 6.42 Å². The lowest BCUT2D eigenvalue weighted by molar-refractivity contribution is -0.141. The Bertz CT molecular complexity index is 193. The Morgan fingerprint density at radius 3 is 2.58 bits per heavy atom. The van der Waals surface area contributed by atoms with Crippen molar-refractivity contribution in [2.75, 3.05) is 27.2 Å². The molecule has 2 aliphatic rings. The molecular weight excluding hydrogens is 154 g/mol. The van der Waals surface area contributed by atoms with Crippen LogP contribution in [0.3, 0.4) is 0 Å². The van der Waals surface area contributed by atoms with Crippen LogP contribution in [0.15, 0.2) is 0 Å². The van der Waals surface area contributed by atoms with Crippen LogP contribution >= 0.6 is 0 Å². The zero-order valence-electron chi connectivity index (χ0n) is 7.62. The average molecular weight is 169 g/mol. The van der Waals surface area contributed by atoms with Crippen molar-refractivity contribution >= 4 is 5.97 Å². The van der Waals surface area contributed by atoms with Crippen molar-refractivity contribution in [1.29, 1.82) is 0 Å². The normalized spacial score (nSPS) is 39.3. The van der Waals surface area contributed by atoms with Crippen LogP contribution in [0.1, 0.15) is 6.42 Å². The van der Waals surface area contributed by atoms with Gasteiger partial charge in [0.1, 0.15) is 0 Å². The molecule has 3 nitrogen and oxygen atoms in total. The monoisotopic (exact) mass is 169 g/mol. The fourth-order valence-electron chi connectivity index (χ4n) is 2.44. The topological polar surface area (TPSA) is 29.5 Å². The quantitative estimate of drug-likeness (QED) is 0.559. The van der Waals surface area contributed by atoms with Crippen LogP contribution in [0.2, 0.25) is 0 Å². The highest BCUT2D eigenvalue weighted by molar-refractivity contribution is 5.70. The predicted octanol–water partition coefficient (Wildman–Crippen LogP) is 0.357. The van der Waals surface area contributed by atoms with E-state index in [-0.39, 0.29) is 5.97 Å². The zero-order valence-corrected chi connectivity index (χ0v) is 7.62. The SMILES string of the molecule is COC(=O)CC1C2CN(C)CC12. The van der Waals surface area contributed by atoms with E-state index >= 15 is 0 Å². The highest BCUT2D eigenvalue weighted by Crippen LogP contribution is 2.53. The second-order valence-corrected chi connectivity index (χ2v) is 3.99. The van der Waals surface area contributed by atoms with E-state index in [0.29, 0.717) is 12.3 Å². The summed E-state index contributed by atoms with van der Waals surface area (Å²) in [5, 5.41) is 0. The van der Waals surface area contributed by atoms with Gasteiger partial charge in [0.25, 0.3) is 0 Å². The van der Waals surface area contributed by atoms with Crippen LogP contribution in [-0.2, 0) is 9.53 Å². The first-order chi connectivity index (χ1) is 5.72. The molecule has 0 amide bonds. The number of hydrogen-bond acceptors (Lipinski definition) is 3. The van der Waals surface area contributed by atoms with Crippen LogP contribution in [0, 0.1) is 17.8 Å². The van der Waals surface area contributed by atoms with Gasteiger partial charge < -0.3 is 9.64 Å². The molecule has 1 aliphatic heterocycles. The summed E-state index contributed by atoms with van der Waals surface area (Å²) < 4.78 is 4.64. The van der Waals surface area contributed by atoms with E-state index in [1.165, 1.54) is 20.2 Å². The van der Waals surface area contributed by atoms with Gasteiger partial charge in [-0.2, -0.15) is 0 Å². The smallest absolute Gasteiger partial charge is 0.305 e. The van der Waals surface area contributed by atoms with Crippen molar-refractivity contribution in [1.82, 2.24) is 4.90 Å². The van der Waals surface area contributed by atoms with Crippen molar-refractivity contribution in [3.05, 3.63) is 0 Å². The number of esters is 1. The fraction of sp³-hybridized carbons (Fsp3) is 0.889. The van der Waals surface area contributed by atoms with E-state index in [2.05, 4.69) is 16.7 Å². The van der Waals surface area contributed by atoms with Gasteiger partial charge in [-0.25, -0.2) is 0 Å². The highest BCUT2D eigenvalue weighted by Gasteiger charge is 2.55. The lowest BCUT2D eigenvalue weighted by Crippen LogP contribution is -2.20. The van der Waals surface area contributed by atoms with Crippen molar-refractivity contribution < 1.29 is 9.53 Å². The Hall–Kier alpha value is -0.570. The third-order valence-corrected chi connectivity index (χ3v) is 3.18. The number of ether oxygens (including phenoxy) is 1. The molecule has 2 rings (SSSR count). The second-order valence-electron chi connectivity index (χ2n) is 3.99. The molecule has 0 aromatic rings. The van der Waals surface area contributed by atoms with Crippen LogP contribution < -0.4 is 0 Å². The van der Waals surface area contributed by atoms with Crippen LogP contribution in [0.25, 0.3) is 0 Å². The number of methoxy groups -OCH3 is 1. The van der Waals surface area contributed by atoms with Gasteiger partial charge in [0, 0.05) is 19.5 Å². The van der Waals surface area contributed by atoms with E-state index in [0.717, 1.165) is 11.8 Å². The van der Waals surface area contributed by atoms with E-state index in [4.69, 9.17) is 0 Å². The van der Waals surface area contributed by atoms with Gasteiger partial charge in [-0.15, -0.1) is 0 Å². The first-order valence-electron chi connectivity index (χ1n) is 4.47. The summed E-state index contributed by atoms with van der Waals surface area (Å²) in [6, 6.07) is 0.